The van der Waals surface area contributed by atoms with Crippen molar-refractivity contribution in [2.75, 3.05) is 20.8 Å². The SMILES string of the molecule is CO[C@H]1C(=O)[C@@]2(C)C([C@H](OC(=O)c3ccccc3)[C@]3(O)C[C@H](OC(=O)C(O)C(NC(=O)OC(C)(C)C)c4ccccc4)C(C)=C1C3(C)C)[C@]1(OC(C)=O)CO[C@@H]1C[C@@H]2OC. The molecule has 60 heavy (non-hydrogen) atoms. The zero-order valence-electron chi connectivity index (χ0n) is 35.8. The molecule has 3 fully saturated rings. The number of carbonyl (C=O) groups is 5. The summed E-state index contributed by atoms with van der Waals surface area (Å²) in [5.41, 5.74) is -6.72. The lowest BCUT2D eigenvalue weighted by molar-refractivity contribution is -0.347. The summed E-state index contributed by atoms with van der Waals surface area (Å²) >= 11 is 0. The number of amides is 1. The number of aliphatic hydroxyl groups is 2. The zero-order valence-corrected chi connectivity index (χ0v) is 35.8. The Kier molecular flexibility index (Phi) is 12.2. The molecular weight excluding hydrogens is 778 g/mol. The van der Waals surface area contributed by atoms with Crippen LogP contribution in [0.3, 0.4) is 0 Å². The van der Waals surface area contributed by atoms with Crippen molar-refractivity contribution in [1.82, 2.24) is 5.32 Å². The number of methoxy groups -OCH3 is 2. The lowest BCUT2D eigenvalue weighted by Gasteiger charge is -2.67. The number of benzene rings is 2. The number of fused-ring (bicyclic) bond motifs is 5. The number of hydrogen-bond acceptors (Lipinski definition) is 14. The predicted molar refractivity (Wildman–Crippen MR) is 213 cm³/mol. The van der Waals surface area contributed by atoms with Crippen molar-refractivity contribution >= 4 is 29.8 Å². The summed E-state index contributed by atoms with van der Waals surface area (Å²) in [6.45, 7) is 12.7. The summed E-state index contributed by atoms with van der Waals surface area (Å²) in [5, 5.41) is 28.0. The fraction of sp³-hybridized carbons (Fsp3) is 0.578. The Balaban J connectivity index is 1.52. The van der Waals surface area contributed by atoms with Gasteiger partial charge in [-0.15, -0.1) is 0 Å². The van der Waals surface area contributed by atoms with Gasteiger partial charge in [0.15, 0.2) is 17.5 Å². The van der Waals surface area contributed by atoms with Crippen LogP contribution in [0.2, 0.25) is 0 Å². The highest BCUT2D eigenvalue weighted by molar-refractivity contribution is 5.94. The first-order valence-electron chi connectivity index (χ1n) is 20.1. The number of hydrogen-bond donors (Lipinski definition) is 3. The van der Waals surface area contributed by atoms with E-state index in [2.05, 4.69) is 5.32 Å². The fourth-order valence-electron chi connectivity index (χ4n) is 10.1. The van der Waals surface area contributed by atoms with Crippen LogP contribution in [-0.2, 0) is 47.5 Å². The minimum Gasteiger partial charge on any atom is -0.456 e. The summed E-state index contributed by atoms with van der Waals surface area (Å²) in [4.78, 5) is 70.1. The summed E-state index contributed by atoms with van der Waals surface area (Å²) in [7, 11) is 2.78. The molecule has 11 atom stereocenters. The van der Waals surface area contributed by atoms with Crippen LogP contribution in [0.1, 0.15) is 90.2 Å². The van der Waals surface area contributed by atoms with Crippen molar-refractivity contribution in [1.29, 1.82) is 0 Å². The Morgan fingerprint density at radius 1 is 0.933 bits per heavy atom. The highest BCUT2D eigenvalue weighted by atomic mass is 16.6. The molecule has 2 aromatic rings. The van der Waals surface area contributed by atoms with Crippen LogP contribution in [0.25, 0.3) is 0 Å². The molecule has 4 aliphatic rings. The predicted octanol–water partition coefficient (Wildman–Crippen LogP) is 4.57. The quantitative estimate of drug-likeness (QED) is 0.171. The summed E-state index contributed by atoms with van der Waals surface area (Å²) in [6.07, 6.45) is -9.31. The van der Waals surface area contributed by atoms with Gasteiger partial charge in [0, 0.05) is 39.4 Å². The number of carbonyl (C=O) groups excluding carboxylic acids is 5. The van der Waals surface area contributed by atoms with E-state index < -0.39 is 112 Å². The molecular formula is C45H57NO14. The Morgan fingerprint density at radius 3 is 2.08 bits per heavy atom. The second kappa shape index (κ2) is 16.3. The number of ketones is 1. The van der Waals surface area contributed by atoms with Crippen molar-refractivity contribution < 1.29 is 67.3 Å². The van der Waals surface area contributed by atoms with Crippen LogP contribution in [0.4, 0.5) is 4.79 Å². The number of esters is 3. The maximum absolute atomic E-state index is 15.5. The third kappa shape index (κ3) is 7.52. The van der Waals surface area contributed by atoms with E-state index in [0.29, 0.717) is 11.1 Å². The molecule has 3 N–H and O–H groups in total. The van der Waals surface area contributed by atoms with E-state index in [1.54, 1.807) is 109 Å². The molecule has 15 heteroatoms. The smallest absolute Gasteiger partial charge is 0.408 e. The Morgan fingerprint density at radius 2 is 1.55 bits per heavy atom. The molecule has 0 spiro atoms. The topological polar surface area (TPSA) is 202 Å². The number of rotatable bonds is 10. The summed E-state index contributed by atoms with van der Waals surface area (Å²) in [6, 6.07) is 15.1. The zero-order chi connectivity index (χ0) is 44.2. The monoisotopic (exact) mass is 835 g/mol. The molecule has 1 heterocycles. The van der Waals surface area contributed by atoms with Gasteiger partial charge in [-0.25, -0.2) is 14.4 Å². The standard InChI is InChI=1S/C45H57NO14/c1-24-28(57-39(51)33(48)32(26-17-13-11-14-18-26)46-40(52)60-41(3,4)5)22-45(53)37(58-38(50)27-19-15-12-16-20-27)35-43(8,36(49)34(55-10)31(24)42(45,6)7)29(54-9)21-30-44(35,23-56-30)59-25(2)47/h11-20,28-30,32-35,37,48,53H,21-23H2,1-10H3,(H,46,52)/t28-,29-,30+,32?,33?,34+,35?,37-,43+,44-,45+/m0/s1. The molecule has 1 aliphatic heterocycles. The van der Waals surface area contributed by atoms with E-state index in [1.807, 2.05) is 0 Å². The van der Waals surface area contributed by atoms with Gasteiger partial charge in [-0.3, -0.25) is 9.59 Å². The molecule has 0 radical (unpaired) electrons. The van der Waals surface area contributed by atoms with Gasteiger partial charge in [-0.1, -0.05) is 62.4 Å². The number of ether oxygens (including phenoxy) is 7. The van der Waals surface area contributed by atoms with Crippen LogP contribution in [0.15, 0.2) is 71.8 Å². The van der Waals surface area contributed by atoms with Gasteiger partial charge in [-0.05, 0) is 63.5 Å². The molecule has 3 unspecified atom stereocenters. The highest BCUT2D eigenvalue weighted by Gasteiger charge is 2.78. The normalized spacial score (nSPS) is 33.0. The van der Waals surface area contributed by atoms with Crippen LogP contribution in [-0.4, -0.2) is 114 Å². The second-order valence-corrected chi connectivity index (χ2v) is 18.0. The molecule has 15 nitrogen and oxygen atoms in total. The van der Waals surface area contributed by atoms with Gasteiger partial charge in [-0.2, -0.15) is 0 Å². The molecule has 326 valence electrons. The maximum Gasteiger partial charge on any atom is 0.408 e. The molecule has 6 rings (SSSR count). The molecule has 2 bridgehead atoms. The third-order valence-corrected chi connectivity index (χ3v) is 13.0. The van der Waals surface area contributed by atoms with Crippen molar-refractivity contribution in [2.24, 2.45) is 16.7 Å². The van der Waals surface area contributed by atoms with Gasteiger partial charge >= 0.3 is 24.0 Å². The van der Waals surface area contributed by atoms with Crippen LogP contribution in [0, 0.1) is 16.7 Å². The van der Waals surface area contributed by atoms with E-state index in [-0.39, 0.29) is 24.2 Å². The number of Topliss-reactive ketones (excluding diaryl/α,β-unsaturated/α-hetero) is 1. The first-order valence-corrected chi connectivity index (χ1v) is 20.1. The highest BCUT2D eigenvalue weighted by Crippen LogP contribution is 2.64. The summed E-state index contributed by atoms with van der Waals surface area (Å²) < 4.78 is 42.4. The summed E-state index contributed by atoms with van der Waals surface area (Å²) in [5.74, 6) is -4.52. The first kappa shape index (κ1) is 44.9. The van der Waals surface area contributed by atoms with E-state index >= 15 is 4.79 Å². The Hall–Kier alpha value is -4.67. The number of aliphatic hydroxyl groups excluding tert-OH is 1. The third-order valence-electron chi connectivity index (χ3n) is 13.0. The largest absolute Gasteiger partial charge is 0.456 e. The van der Waals surface area contributed by atoms with Crippen LogP contribution < -0.4 is 5.32 Å². The van der Waals surface area contributed by atoms with E-state index in [4.69, 9.17) is 33.2 Å². The molecule has 1 saturated heterocycles. The molecule has 2 saturated carbocycles. The second-order valence-electron chi connectivity index (χ2n) is 18.0. The lowest BCUT2D eigenvalue weighted by Crippen LogP contribution is -2.82. The Labute approximate surface area is 350 Å². The molecule has 0 aromatic heterocycles. The number of alkyl carbamates (subject to hydrolysis) is 1. The average molecular weight is 836 g/mol. The van der Waals surface area contributed by atoms with E-state index in [9.17, 15) is 29.4 Å². The maximum atomic E-state index is 15.5. The van der Waals surface area contributed by atoms with Crippen LogP contribution >= 0.6 is 0 Å². The van der Waals surface area contributed by atoms with Crippen LogP contribution in [0.5, 0.6) is 0 Å². The van der Waals surface area contributed by atoms with Gasteiger partial charge < -0.3 is 48.7 Å². The van der Waals surface area contributed by atoms with Gasteiger partial charge in [0.05, 0.1) is 35.6 Å². The average Bonchev–Trinajstić information content (AvgIpc) is 3.18. The minimum absolute atomic E-state index is 0.121. The first-order chi connectivity index (χ1) is 28.1. The van der Waals surface area contributed by atoms with Crippen molar-refractivity contribution in [3.05, 3.63) is 82.9 Å². The fourth-order valence-corrected chi connectivity index (χ4v) is 10.1. The van der Waals surface area contributed by atoms with E-state index in [0.717, 1.165) is 0 Å². The van der Waals surface area contributed by atoms with Crippen molar-refractivity contribution in [3.8, 4) is 0 Å². The minimum atomic E-state index is -2.22. The van der Waals surface area contributed by atoms with Crippen molar-refractivity contribution in [2.45, 2.75) is 128 Å². The molecule has 1 amide bonds. The molecule has 3 aliphatic carbocycles. The lowest BCUT2D eigenvalue weighted by atomic mass is 9.44. The van der Waals surface area contributed by atoms with Gasteiger partial charge in [0.1, 0.15) is 35.6 Å². The van der Waals surface area contributed by atoms with E-state index in [1.165, 1.54) is 21.1 Å². The molecule has 2 aromatic carbocycles. The number of nitrogens with one attached hydrogen (secondary N) is 1. The van der Waals surface area contributed by atoms with Gasteiger partial charge in [0.2, 0.25) is 0 Å². The van der Waals surface area contributed by atoms with Crippen molar-refractivity contribution in [3.63, 3.8) is 0 Å². The Bertz CT molecular complexity index is 2010. The van der Waals surface area contributed by atoms with Gasteiger partial charge in [0.25, 0.3) is 0 Å².